The number of Topliss-reactive ketones (excluding diaryl/α,β-unsaturated/α-hetero) is 1. The molecule has 0 fully saturated rings. The maximum Gasteiger partial charge on any atom is 0.209 e. The molecule has 0 aliphatic rings. The molecular formula is C11H14ClNO3. The van der Waals surface area contributed by atoms with Crippen molar-refractivity contribution < 1.29 is 14.3 Å². The van der Waals surface area contributed by atoms with E-state index in [1.54, 1.807) is 19.1 Å². The van der Waals surface area contributed by atoms with Crippen LogP contribution >= 0.6 is 11.6 Å². The fraction of sp³-hybridized carbons (Fsp3) is 0.364. The first-order valence-corrected chi connectivity index (χ1v) is 5.22. The SMILES string of the molecule is CCOC(N)C(=O)c1cc(Cl)ccc1OC. The highest BCUT2D eigenvalue weighted by Gasteiger charge is 2.20. The van der Waals surface area contributed by atoms with E-state index in [2.05, 4.69) is 0 Å². The van der Waals surface area contributed by atoms with Gasteiger partial charge in [-0.2, -0.15) is 0 Å². The fourth-order valence-electron chi connectivity index (χ4n) is 1.28. The Kier molecular flexibility index (Phi) is 4.73. The van der Waals surface area contributed by atoms with Gasteiger partial charge < -0.3 is 9.47 Å². The predicted molar refractivity (Wildman–Crippen MR) is 61.9 cm³/mol. The van der Waals surface area contributed by atoms with Gasteiger partial charge in [-0.15, -0.1) is 0 Å². The van der Waals surface area contributed by atoms with Gasteiger partial charge in [0.1, 0.15) is 5.75 Å². The largest absolute Gasteiger partial charge is 0.496 e. The average molecular weight is 244 g/mol. The van der Waals surface area contributed by atoms with Gasteiger partial charge in [0.15, 0.2) is 6.23 Å². The lowest BCUT2D eigenvalue weighted by Gasteiger charge is -2.13. The Morgan fingerprint density at radius 2 is 2.25 bits per heavy atom. The molecule has 0 saturated heterocycles. The summed E-state index contributed by atoms with van der Waals surface area (Å²) in [6.07, 6.45) is -0.989. The molecule has 1 unspecified atom stereocenters. The van der Waals surface area contributed by atoms with E-state index in [-0.39, 0.29) is 5.78 Å². The molecule has 0 aromatic heterocycles. The van der Waals surface area contributed by atoms with Crippen LogP contribution in [0.5, 0.6) is 5.75 Å². The van der Waals surface area contributed by atoms with Crippen LogP contribution in [-0.2, 0) is 4.74 Å². The number of rotatable bonds is 5. The van der Waals surface area contributed by atoms with Gasteiger partial charge in [0, 0.05) is 11.6 Å². The number of carbonyl (C=O) groups excluding carboxylic acids is 1. The van der Waals surface area contributed by atoms with Crippen LogP contribution in [0, 0.1) is 0 Å². The Morgan fingerprint density at radius 3 is 2.81 bits per heavy atom. The molecule has 0 saturated carbocycles. The van der Waals surface area contributed by atoms with Gasteiger partial charge in [-0.3, -0.25) is 10.5 Å². The van der Waals surface area contributed by atoms with Crippen molar-refractivity contribution in [1.29, 1.82) is 0 Å². The van der Waals surface area contributed by atoms with E-state index in [1.807, 2.05) is 0 Å². The van der Waals surface area contributed by atoms with Crippen molar-refractivity contribution in [2.24, 2.45) is 5.73 Å². The molecule has 0 amide bonds. The molecular weight excluding hydrogens is 230 g/mol. The molecule has 5 heteroatoms. The number of halogens is 1. The summed E-state index contributed by atoms with van der Waals surface area (Å²) in [5.74, 6) is 0.0887. The zero-order valence-corrected chi connectivity index (χ0v) is 9.95. The maximum atomic E-state index is 11.9. The Bertz CT molecular complexity index is 381. The number of ether oxygens (including phenoxy) is 2. The third-order valence-electron chi connectivity index (χ3n) is 2.03. The first-order valence-electron chi connectivity index (χ1n) is 4.85. The van der Waals surface area contributed by atoms with Crippen molar-refractivity contribution in [2.75, 3.05) is 13.7 Å². The second-order valence-corrected chi connectivity index (χ2v) is 3.52. The number of hydrogen-bond acceptors (Lipinski definition) is 4. The average Bonchev–Trinajstić information content (AvgIpc) is 2.28. The standard InChI is InChI=1S/C11H14ClNO3/c1-3-16-11(13)10(14)8-6-7(12)4-5-9(8)15-2/h4-6,11H,3,13H2,1-2H3. The first-order chi connectivity index (χ1) is 7.60. The zero-order valence-electron chi connectivity index (χ0n) is 9.20. The minimum Gasteiger partial charge on any atom is -0.496 e. The molecule has 0 heterocycles. The van der Waals surface area contributed by atoms with Crippen LogP contribution in [0.25, 0.3) is 0 Å². The molecule has 1 atom stereocenters. The van der Waals surface area contributed by atoms with Crippen molar-refractivity contribution in [3.05, 3.63) is 28.8 Å². The lowest BCUT2D eigenvalue weighted by Crippen LogP contribution is -2.33. The first kappa shape index (κ1) is 13.0. The van der Waals surface area contributed by atoms with Crippen LogP contribution in [-0.4, -0.2) is 25.7 Å². The molecule has 2 N–H and O–H groups in total. The molecule has 0 radical (unpaired) electrons. The summed E-state index contributed by atoms with van der Waals surface area (Å²) < 4.78 is 10.1. The molecule has 1 aromatic carbocycles. The van der Waals surface area contributed by atoms with Crippen molar-refractivity contribution in [3.63, 3.8) is 0 Å². The van der Waals surface area contributed by atoms with Crippen molar-refractivity contribution in [2.45, 2.75) is 13.2 Å². The number of hydrogen-bond donors (Lipinski definition) is 1. The van der Waals surface area contributed by atoms with Gasteiger partial charge in [0.25, 0.3) is 0 Å². The van der Waals surface area contributed by atoms with E-state index >= 15 is 0 Å². The molecule has 0 aliphatic heterocycles. The van der Waals surface area contributed by atoms with Gasteiger partial charge in [-0.05, 0) is 25.1 Å². The molecule has 4 nitrogen and oxygen atoms in total. The molecule has 0 bridgehead atoms. The van der Waals surface area contributed by atoms with E-state index in [9.17, 15) is 4.79 Å². The Morgan fingerprint density at radius 1 is 1.56 bits per heavy atom. The number of methoxy groups -OCH3 is 1. The molecule has 0 spiro atoms. The molecule has 16 heavy (non-hydrogen) atoms. The summed E-state index contributed by atoms with van der Waals surface area (Å²) in [5.41, 5.74) is 5.89. The fourth-order valence-corrected chi connectivity index (χ4v) is 1.45. The van der Waals surface area contributed by atoms with E-state index in [0.717, 1.165) is 0 Å². The summed E-state index contributed by atoms with van der Waals surface area (Å²) in [6.45, 7) is 2.14. The number of benzene rings is 1. The Labute approximate surface area is 99.3 Å². The summed E-state index contributed by atoms with van der Waals surface area (Å²) in [4.78, 5) is 11.9. The van der Waals surface area contributed by atoms with E-state index in [0.29, 0.717) is 22.9 Å². The predicted octanol–water partition coefficient (Wildman–Crippen LogP) is 1.85. The van der Waals surface area contributed by atoms with Crippen LogP contribution in [0.3, 0.4) is 0 Å². The molecule has 1 rings (SSSR count). The summed E-state index contributed by atoms with van der Waals surface area (Å²) in [5, 5.41) is 0.452. The van der Waals surface area contributed by atoms with Crippen molar-refractivity contribution in [1.82, 2.24) is 0 Å². The number of ketones is 1. The van der Waals surface area contributed by atoms with E-state index in [4.69, 9.17) is 26.8 Å². The zero-order chi connectivity index (χ0) is 12.1. The third kappa shape index (κ3) is 2.95. The summed E-state index contributed by atoms with van der Waals surface area (Å²) in [7, 11) is 1.48. The highest BCUT2D eigenvalue weighted by atomic mass is 35.5. The topological polar surface area (TPSA) is 61.5 Å². The molecule has 88 valence electrons. The van der Waals surface area contributed by atoms with Gasteiger partial charge in [0.05, 0.1) is 12.7 Å². The molecule has 0 aliphatic carbocycles. The maximum absolute atomic E-state index is 11.9. The highest BCUT2D eigenvalue weighted by Crippen LogP contribution is 2.23. The second-order valence-electron chi connectivity index (χ2n) is 3.08. The Balaban J connectivity index is 3.01. The smallest absolute Gasteiger partial charge is 0.209 e. The number of nitrogens with two attached hydrogens (primary N) is 1. The van der Waals surface area contributed by atoms with Gasteiger partial charge in [-0.1, -0.05) is 11.6 Å². The third-order valence-corrected chi connectivity index (χ3v) is 2.27. The minimum absolute atomic E-state index is 0.330. The quantitative estimate of drug-likeness (QED) is 0.633. The lowest BCUT2D eigenvalue weighted by atomic mass is 10.1. The van der Waals surface area contributed by atoms with Crippen molar-refractivity contribution >= 4 is 17.4 Å². The number of carbonyl (C=O) groups is 1. The van der Waals surface area contributed by atoms with Gasteiger partial charge in [0.2, 0.25) is 5.78 Å². The summed E-state index contributed by atoms with van der Waals surface area (Å²) >= 11 is 5.81. The normalized spacial score (nSPS) is 12.2. The van der Waals surface area contributed by atoms with Crippen LogP contribution in [0.2, 0.25) is 5.02 Å². The minimum atomic E-state index is -0.989. The Hall–Kier alpha value is -1.10. The van der Waals surface area contributed by atoms with Crippen LogP contribution < -0.4 is 10.5 Å². The highest BCUT2D eigenvalue weighted by molar-refractivity contribution is 6.31. The van der Waals surface area contributed by atoms with Crippen molar-refractivity contribution in [3.8, 4) is 5.75 Å². The van der Waals surface area contributed by atoms with E-state index in [1.165, 1.54) is 13.2 Å². The van der Waals surface area contributed by atoms with Crippen LogP contribution in [0.15, 0.2) is 18.2 Å². The monoisotopic (exact) mass is 243 g/mol. The molecule has 1 aromatic rings. The van der Waals surface area contributed by atoms with Crippen LogP contribution in [0.4, 0.5) is 0 Å². The van der Waals surface area contributed by atoms with E-state index < -0.39 is 6.23 Å². The van der Waals surface area contributed by atoms with Gasteiger partial charge in [-0.25, -0.2) is 0 Å². The van der Waals surface area contributed by atoms with Crippen LogP contribution in [0.1, 0.15) is 17.3 Å². The van der Waals surface area contributed by atoms with Gasteiger partial charge >= 0.3 is 0 Å². The second kappa shape index (κ2) is 5.84. The lowest BCUT2D eigenvalue weighted by molar-refractivity contribution is 0.0477. The summed E-state index contributed by atoms with van der Waals surface area (Å²) in [6, 6.07) is 4.78.